The van der Waals surface area contributed by atoms with Crippen LogP contribution in [-0.4, -0.2) is 52.0 Å². The zero-order valence-corrected chi connectivity index (χ0v) is 16.9. The topological polar surface area (TPSA) is 54.9 Å². The molecule has 0 amide bonds. The Balaban J connectivity index is 1.44. The molecule has 2 fully saturated rings. The highest BCUT2D eigenvalue weighted by atomic mass is 16.5. The predicted octanol–water partition coefficient (Wildman–Crippen LogP) is 3.17. The molecule has 1 aromatic rings. The van der Waals surface area contributed by atoms with E-state index in [-0.39, 0.29) is 5.41 Å². The molecule has 1 aliphatic heterocycles. The van der Waals surface area contributed by atoms with E-state index in [0.29, 0.717) is 6.10 Å². The first-order valence-corrected chi connectivity index (χ1v) is 10.4. The van der Waals surface area contributed by atoms with Crippen molar-refractivity contribution in [2.75, 3.05) is 40.0 Å². The zero-order valence-electron chi connectivity index (χ0n) is 16.9. The molecule has 5 nitrogen and oxygen atoms in total. The Morgan fingerprint density at radius 1 is 1.30 bits per heavy atom. The van der Waals surface area contributed by atoms with E-state index in [2.05, 4.69) is 46.8 Å². The Hall–Kier alpha value is -1.59. The third kappa shape index (κ3) is 5.69. The van der Waals surface area contributed by atoms with Gasteiger partial charge in [0, 0.05) is 38.8 Å². The SMILES string of the molecule is CN=C(NCCCOC1CCOC1)NCC1(c2cccc(C)c2)CCCC1. The molecule has 1 atom stereocenters. The van der Waals surface area contributed by atoms with Crippen molar-refractivity contribution in [1.29, 1.82) is 0 Å². The number of hydrogen-bond donors (Lipinski definition) is 2. The van der Waals surface area contributed by atoms with E-state index < -0.39 is 0 Å². The third-order valence-electron chi connectivity index (χ3n) is 5.86. The smallest absolute Gasteiger partial charge is 0.191 e. The van der Waals surface area contributed by atoms with Gasteiger partial charge in [0.15, 0.2) is 5.96 Å². The van der Waals surface area contributed by atoms with Crippen molar-refractivity contribution in [3.63, 3.8) is 0 Å². The second-order valence-corrected chi connectivity index (χ2v) is 7.92. The molecule has 27 heavy (non-hydrogen) atoms. The molecule has 150 valence electrons. The van der Waals surface area contributed by atoms with Crippen LogP contribution < -0.4 is 10.6 Å². The lowest BCUT2D eigenvalue weighted by Crippen LogP contribution is -2.45. The van der Waals surface area contributed by atoms with Crippen molar-refractivity contribution in [2.45, 2.75) is 57.0 Å². The minimum Gasteiger partial charge on any atom is -0.379 e. The molecule has 0 aromatic heterocycles. The standard InChI is InChI=1S/C22H35N3O2/c1-18-7-5-8-19(15-18)22(10-3-4-11-22)17-25-21(23-2)24-12-6-13-27-20-9-14-26-16-20/h5,7-8,15,20H,3-4,6,9-14,16-17H2,1-2H3,(H2,23,24,25). The number of aryl methyl sites for hydroxylation is 1. The fourth-order valence-electron chi connectivity index (χ4n) is 4.24. The molecule has 1 unspecified atom stereocenters. The van der Waals surface area contributed by atoms with Crippen molar-refractivity contribution in [3.8, 4) is 0 Å². The summed E-state index contributed by atoms with van der Waals surface area (Å²) in [5.74, 6) is 0.887. The normalized spacial score (nSPS) is 22.1. The van der Waals surface area contributed by atoms with Gasteiger partial charge < -0.3 is 20.1 Å². The maximum absolute atomic E-state index is 5.82. The van der Waals surface area contributed by atoms with Crippen molar-refractivity contribution >= 4 is 5.96 Å². The highest BCUT2D eigenvalue weighted by Crippen LogP contribution is 2.40. The van der Waals surface area contributed by atoms with Gasteiger partial charge in [-0.3, -0.25) is 4.99 Å². The molecule has 0 bridgehead atoms. The van der Waals surface area contributed by atoms with Crippen molar-refractivity contribution in [3.05, 3.63) is 35.4 Å². The highest BCUT2D eigenvalue weighted by molar-refractivity contribution is 5.79. The van der Waals surface area contributed by atoms with Crippen LogP contribution in [0.3, 0.4) is 0 Å². The van der Waals surface area contributed by atoms with Crippen LogP contribution in [0.1, 0.15) is 49.7 Å². The lowest BCUT2D eigenvalue weighted by molar-refractivity contribution is 0.0420. The van der Waals surface area contributed by atoms with Gasteiger partial charge in [0.05, 0.1) is 12.7 Å². The maximum Gasteiger partial charge on any atom is 0.191 e. The summed E-state index contributed by atoms with van der Waals surface area (Å²) in [6.07, 6.45) is 7.40. The maximum atomic E-state index is 5.82. The first kappa shape index (κ1) is 20.2. The Morgan fingerprint density at radius 2 is 2.15 bits per heavy atom. The van der Waals surface area contributed by atoms with Gasteiger partial charge in [-0.05, 0) is 38.2 Å². The number of ether oxygens (including phenoxy) is 2. The van der Waals surface area contributed by atoms with Gasteiger partial charge in [-0.25, -0.2) is 0 Å². The van der Waals surface area contributed by atoms with E-state index in [1.165, 1.54) is 36.8 Å². The highest BCUT2D eigenvalue weighted by Gasteiger charge is 2.35. The van der Waals surface area contributed by atoms with E-state index in [9.17, 15) is 0 Å². The monoisotopic (exact) mass is 373 g/mol. The molecule has 2 N–H and O–H groups in total. The average molecular weight is 374 g/mol. The average Bonchev–Trinajstić information content (AvgIpc) is 3.36. The summed E-state index contributed by atoms with van der Waals surface area (Å²) in [6, 6.07) is 9.01. The molecule has 0 spiro atoms. The number of nitrogens with one attached hydrogen (secondary N) is 2. The summed E-state index contributed by atoms with van der Waals surface area (Å²) < 4.78 is 11.2. The molecule has 1 heterocycles. The number of benzene rings is 1. The Bertz CT molecular complexity index is 605. The van der Waals surface area contributed by atoms with Gasteiger partial charge in [-0.15, -0.1) is 0 Å². The second kappa shape index (κ2) is 10.1. The number of aliphatic imine (C=N–C) groups is 1. The quantitative estimate of drug-likeness (QED) is 0.417. The second-order valence-electron chi connectivity index (χ2n) is 7.92. The molecule has 0 radical (unpaired) electrons. The zero-order chi connectivity index (χ0) is 19.0. The van der Waals surface area contributed by atoms with E-state index in [1.54, 1.807) is 0 Å². The molecular weight excluding hydrogens is 338 g/mol. The van der Waals surface area contributed by atoms with Crippen molar-refractivity contribution in [2.24, 2.45) is 4.99 Å². The Labute approximate surface area is 163 Å². The summed E-state index contributed by atoms with van der Waals surface area (Å²) >= 11 is 0. The van der Waals surface area contributed by atoms with E-state index in [4.69, 9.17) is 9.47 Å². The number of hydrogen-bond acceptors (Lipinski definition) is 3. The first-order valence-electron chi connectivity index (χ1n) is 10.4. The number of guanidine groups is 1. The van der Waals surface area contributed by atoms with Gasteiger partial charge in [0.1, 0.15) is 0 Å². The summed E-state index contributed by atoms with van der Waals surface area (Å²) in [4.78, 5) is 4.40. The van der Waals surface area contributed by atoms with Gasteiger partial charge in [0.2, 0.25) is 0 Å². The van der Waals surface area contributed by atoms with Crippen LogP contribution in [0.25, 0.3) is 0 Å². The summed E-state index contributed by atoms with van der Waals surface area (Å²) in [5.41, 5.74) is 3.04. The van der Waals surface area contributed by atoms with Crippen LogP contribution in [0.2, 0.25) is 0 Å². The Kier molecular flexibility index (Phi) is 7.53. The fraction of sp³-hybridized carbons (Fsp3) is 0.682. The van der Waals surface area contributed by atoms with E-state index >= 15 is 0 Å². The molecule has 5 heteroatoms. The summed E-state index contributed by atoms with van der Waals surface area (Å²) in [7, 11) is 1.84. The van der Waals surface area contributed by atoms with Crippen LogP contribution in [0.15, 0.2) is 29.3 Å². The van der Waals surface area contributed by atoms with Gasteiger partial charge in [0.25, 0.3) is 0 Å². The molecule has 1 saturated heterocycles. The number of nitrogens with zero attached hydrogens (tertiary/aromatic N) is 1. The van der Waals surface area contributed by atoms with Crippen LogP contribution in [-0.2, 0) is 14.9 Å². The van der Waals surface area contributed by atoms with Crippen LogP contribution >= 0.6 is 0 Å². The van der Waals surface area contributed by atoms with E-state index in [0.717, 1.165) is 51.7 Å². The fourth-order valence-corrected chi connectivity index (χ4v) is 4.24. The minimum absolute atomic E-state index is 0.231. The summed E-state index contributed by atoms with van der Waals surface area (Å²) in [6.45, 7) is 6.34. The Morgan fingerprint density at radius 3 is 2.85 bits per heavy atom. The summed E-state index contributed by atoms with van der Waals surface area (Å²) in [5, 5.41) is 7.01. The molecular formula is C22H35N3O2. The third-order valence-corrected chi connectivity index (χ3v) is 5.86. The molecule has 1 saturated carbocycles. The van der Waals surface area contributed by atoms with Crippen LogP contribution in [0.4, 0.5) is 0 Å². The van der Waals surface area contributed by atoms with Crippen molar-refractivity contribution < 1.29 is 9.47 Å². The van der Waals surface area contributed by atoms with Gasteiger partial charge in [-0.1, -0.05) is 42.7 Å². The van der Waals surface area contributed by atoms with Crippen molar-refractivity contribution in [1.82, 2.24) is 10.6 Å². The van der Waals surface area contributed by atoms with Crippen LogP contribution in [0, 0.1) is 6.92 Å². The lowest BCUT2D eigenvalue weighted by atomic mass is 9.78. The molecule has 1 aromatic carbocycles. The first-order chi connectivity index (χ1) is 13.2. The van der Waals surface area contributed by atoms with Gasteiger partial charge >= 0.3 is 0 Å². The lowest BCUT2D eigenvalue weighted by Gasteiger charge is -2.31. The number of rotatable bonds is 8. The van der Waals surface area contributed by atoms with E-state index in [1.807, 2.05) is 7.05 Å². The largest absolute Gasteiger partial charge is 0.379 e. The molecule has 3 rings (SSSR count). The predicted molar refractivity (Wildman–Crippen MR) is 110 cm³/mol. The molecule has 2 aliphatic rings. The van der Waals surface area contributed by atoms with Gasteiger partial charge in [-0.2, -0.15) is 0 Å². The minimum atomic E-state index is 0.231. The van der Waals surface area contributed by atoms with Crippen LogP contribution in [0.5, 0.6) is 0 Å². The molecule has 1 aliphatic carbocycles.